The molecule has 0 radical (unpaired) electrons. The lowest BCUT2D eigenvalue weighted by Crippen LogP contribution is -2.25. The predicted molar refractivity (Wildman–Crippen MR) is 86.8 cm³/mol. The average Bonchev–Trinajstić information content (AvgIpc) is 2.96. The van der Waals surface area contributed by atoms with Crippen molar-refractivity contribution in [2.75, 3.05) is 13.7 Å². The maximum Gasteiger partial charge on any atom is 0.240 e. The Bertz CT molecular complexity index is 723. The zero-order valence-electron chi connectivity index (χ0n) is 12.4. The number of nitrogens with one attached hydrogen (secondary N) is 1. The van der Waals surface area contributed by atoms with E-state index in [4.69, 9.17) is 4.74 Å². The molecule has 7 heteroatoms. The van der Waals surface area contributed by atoms with Gasteiger partial charge in [-0.3, -0.25) is 0 Å². The van der Waals surface area contributed by atoms with Gasteiger partial charge in [0.05, 0.1) is 18.1 Å². The van der Waals surface area contributed by atoms with Gasteiger partial charge < -0.3 is 9.84 Å². The molecular formula is C15H19NO4S2. The number of methoxy groups -OCH3 is 1. The summed E-state index contributed by atoms with van der Waals surface area (Å²) in [5.74, 6) is 0.503. The molecule has 1 aromatic heterocycles. The zero-order chi connectivity index (χ0) is 16.2. The van der Waals surface area contributed by atoms with Crippen molar-refractivity contribution in [3.05, 3.63) is 46.2 Å². The number of aliphatic hydroxyl groups is 1. The molecule has 0 aliphatic rings. The zero-order valence-corrected chi connectivity index (χ0v) is 14.1. The summed E-state index contributed by atoms with van der Waals surface area (Å²) in [6, 6.07) is 10.1. The number of hydrogen-bond donors (Lipinski definition) is 2. The van der Waals surface area contributed by atoms with Gasteiger partial charge in [0.1, 0.15) is 5.75 Å². The summed E-state index contributed by atoms with van der Waals surface area (Å²) in [7, 11) is -2.05. The van der Waals surface area contributed by atoms with Gasteiger partial charge in [-0.05, 0) is 37.6 Å². The molecule has 1 unspecified atom stereocenters. The second kappa shape index (κ2) is 7.23. The Hall–Kier alpha value is -1.41. The summed E-state index contributed by atoms with van der Waals surface area (Å²) < 4.78 is 32.0. The van der Waals surface area contributed by atoms with Crippen molar-refractivity contribution in [3.63, 3.8) is 0 Å². The van der Waals surface area contributed by atoms with Crippen molar-refractivity contribution in [3.8, 4) is 5.75 Å². The predicted octanol–water partition coefficient (Wildman–Crippen LogP) is 2.33. The third-order valence-electron chi connectivity index (χ3n) is 3.11. The normalized spacial score (nSPS) is 13.0. The van der Waals surface area contributed by atoms with Crippen LogP contribution in [-0.2, 0) is 16.4 Å². The van der Waals surface area contributed by atoms with Crippen molar-refractivity contribution in [1.82, 2.24) is 4.72 Å². The monoisotopic (exact) mass is 341 g/mol. The van der Waals surface area contributed by atoms with Crippen LogP contribution >= 0.6 is 11.3 Å². The van der Waals surface area contributed by atoms with Crippen LogP contribution in [0.15, 0.2) is 41.3 Å². The topological polar surface area (TPSA) is 75.6 Å². The Balaban J connectivity index is 1.97. The number of ether oxygens (including phenoxy) is 1. The van der Waals surface area contributed by atoms with Crippen LogP contribution in [0.1, 0.15) is 22.8 Å². The lowest BCUT2D eigenvalue weighted by atomic mass is 10.3. The highest BCUT2D eigenvalue weighted by Crippen LogP contribution is 2.23. The van der Waals surface area contributed by atoms with Gasteiger partial charge in [0, 0.05) is 22.4 Å². The highest BCUT2D eigenvalue weighted by molar-refractivity contribution is 7.89. The fourth-order valence-corrected chi connectivity index (χ4v) is 3.93. The van der Waals surface area contributed by atoms with Crippen LogP contribution in [0, 0.1) is 0 Å². The minimum atomic E-state index is -3.55. The minimum Gasteiger partial charge on any atom is -0.497 e. The Morgan fingerprint density at radius 1 is 1.32 bits per heavy atom. The van der Waals surface area contributed by atoms with Crippen LogP contribution < -0.4 is 9.46 Å². The first-order valence-corrected chi connectivity index (χ1v) is 9.13. The van der Waals surface area contributed by atoms with Crippen LogP contribution in [0.5, 0.6) is 5.75 Å². The molecule has 5 nitrogen and oxygen atoms in total. The molecule has 1 atom stereocenters. The maximum absolute atomic E-state index is 12.2. The van der Waals surface area contributed by atoms with Gasteiger partial charge in [-0.25, -0.2) is 13.1 Å². The van der Waals surface area contributed by atoms with Gasteiger partial charge >= 0.3 is 0 Å². The fourth-order valence-electron chi connectivity index (χ4n) is 1.91. The van der Waals surface area contributed by atoms with E-state index in [0.29, 0.717) is 18.7 Å². The first-order valence-electron chi connectivity index (χ1n) is 6.83. The average molecular weight is 341 g/mol. The highest BCUT2D eigenvalue weighted by Gasteiger charge is 2.14. The molecule has 120 valence electrons. The van der Waals surface area contributed by atoms with Crippen molar-refractivity contribution >= 4 is 21.4 Å². The summed E-state index contributed by atoms with van der Waals surface area (Å²) >= 11 is 1.49. The third kappa shape index (κ3) is 4.30. The second-order valence-electron chi connectivity index (χ2n) is 4.81. The fraction of sp³-hybridized carbons (Fsp3) is 0.333. The maximum atomic E-state index is 12.2. The van der Waals surface area contributed by atoms with Gasteiger partial charge in [0.2, 0.25) is 10.0 Å². The molecule has 0 saturated carbocycles. The van der Waals surface area contributed by atoms with Crippen LogP contribution in [-0.4, -0.2) is 27.2 Å². The van der Waals surface area contributed by atoms with Crippen molar-refractivity contribution in [1.29, 1.82) is 0 Å². The quantitative estimate of drug-likeness (QED) is 0.810. The van der Waals surface area contributed by atoms with E-state index in [1.807, 2.05) is 12.1 Å². The van der Waals surface area contributed by atoms with Gasteiger partial charge in [0.15, 0.2) is 0 Å². The van der Waals surface area contributed by atoms with E-state index in [2.05, 4.69) is 4.72 Å². The molecule has 0 aliphatic heterocycles. The van der Waals surface area contributed by atoms with Crippen molar-refractivity contribution < 1.29 is 18.3 Å². The van der Waals surface area contributed by atoms with E-state index in [1.165, 1.54) is 30.6 Å². The lowest BCUT2D eigenvalue weighted by molar-refractivity contribution is 0.203. The Kier molecular flexibility index (Phi) is 5.57. The van der Waals surface area contributed by atoms with Crippen LogP contribution in [0.4, 0.5) is 0 Å². The summed E-state index contributed by atoms with van der Waals surface area (Å²) in [5.41, 5.74) is 0. The van der Waals surface area contributed by atoms with E-state index in [9.17, 15) is 13.5 Å². The first-order chi connectivity index (χ1) is 10.4. The number of aliphatic hydroxyl groups excluding tert-OH is 1. The van der Waals surface area contributed by atoms with E-state index in [-0.39, 0.29) is 4.90 Å². The molecule has 2 aromatic rings. The lowest BCUT2D eigenvalue weighted by Gasteiger charge is -2.07. The molecule has 0 aliphatic carbocycles. The minimum absolute atomic E-state index is 0.183. The summed E-state index contributed by atoms with van der Waals surface area (Å²) in [6.07, 6.45) is 0.0906. The molecule has 0 fully saturated rings. The van der Waals surface area contributed by atoms with Crippen LogP contribution in [0.25, 0.3) is 0 Å². The molecule has 2 N–H and O–H groups in total. The molecule has 2 rings (SSSR count). The number of benzene rings is 1. The standard InChI is InChI=1S/C15H19NO4S2/c1-11(17)15-7-6-13(21-15)8-9-16-22(18,19)14-5-3-4-12(10-14)20-2/h3-7,10-11,16-17H,8-9H2,1-2H3. The van der Waals surface area contributed by atoms with E-state index < -0.39 is 16.1 Å². The SMILES string of the molecule is COc1cccc(S(=O)(=O)NCCc2ccc(C(C)O)s2)c1. The smallest absolute Gasteiger partial charge is 0.240 e. The summed E-state index contributed by atoms with van der Waals surface area (Å²) in [5, 5.41) is 9.48. The number of hydrogen-bond acceptors (Lipinski definition) is 5. The van der Waals surface area contributed by atoms with Gasteiger partial charge in [-0.15, -0.1) is 11.3 Å². The Morgan fingerprint density at radius 2 is 2.09 bits per heavy atom. The molecule has 1 aromatic carbocycles. The first kappa shape index (κ1) is 17.0. The van der Waals surface area contributed by atoms with E-state index in [0.717, 1.165) is 9.75 Å². The molecular weight excluding hydrogens is 322 g/mol. The second-order valence-corrected chi connectivity index (χ2v) is 7.77. The summed E-state index contributed by atoms with van der Waals surface area (Å²) in [4.78, 5) is 2.09. The summed E-state index contributed by atoms with van der Waals surface area (Å²) in [6.45, 7) is 2.01. The largest absolute Gasteiger partial charge is 0.497 e. The Labute approximate surface area is 134 Å². The molecule has 0 saturated heterocycles. The number of sulfonamides is 1. The van der Waals surface area contributed by atoms with Crippen LogP contribution in [0.3, 0.4) is 0 Å². The van der Waals surface area contributed by atoms with Gasteiger partial charge in [-0.2, -0.15) is 0 Å². The van der Waals surface area contributed by atoms with Crippen molar-refractivity contribution in [2.45, 2.75) is 24.3 Å². The molecule has 0 amide bonds. The number of thiophene rings is 1. The van der Waals surface area contributed by atoms with E-state index >= 15 is 0 Å². The highest BCUT2D eigenvalue weighted by atomic mass is 32.2. The molecule has 22 heavy (non-hydrogen) atoms. The van der Waals surface area contributed by atoms with Gasteiger partial charge in [0.25, 0.3) is 0 Å². The molecule has 0 spiro atoms. The molecule has 1 heterocycles. The Morgan fingerprint density at radius 3 is 2.73 bits per heavy atom. The number of rotatable bonds is 7. The van der Waals surface area contributed by atoms with Gasteiger partial charge in [-0.1, -0.05) is 6.07 Å². The third-order valence-corrected chi connectivity index (χ3v) is 5.88. The molecule has 0 bridgehead atoms. The van der Waals surface area contributed by atoms with Crippen LogP contribution in [0.2, 0.25) is 0 Å². The van der Waals surface area contributed by atoms with E-state index in [1.54, 1.807) is 19.1 Å². The van der Waals surface area contributed by atoms with Crippen molar-refractivity contribution in [2.24, 2.45) is 0 Å².